The van der Waals surface area contributed by atoms with E-state index in [9.17, 15) is 8.42 Å². The Bertz CT molecular complexity index is 722. The van der Waals surface area contributed by atoms with Crippen LogP contribution in [-0.2, 0) is 10.0 Å². The average Bonchev–Trinajstić information content (AvgIpc) is 3.11. The first kappa shape index (κ1) is 15.9. The predicted octanol–water partition coefficient (Wildman–Crippen LogP) is 0.855. The number of hydrogen-bond donors (Lipinski definition) is 0. The van der Waals surface area contributed by atoms with Crippen LogP contribution in [0.2, 0.25) is 0 Å². The lowest BCUT2D eigenvalue weighted by atomic mass is 10.1. The summed E-state index contributed by atoms with van der Waals surface area (Å²) in [5, 5.41) is 11.0. The monoisotopic (exact) mass is 337 g/mol. The van der Waals surface area contributed by atoms with Gasteiger partial charge in [-0.1, -0.05) is 0 Å². The maximum atomic E-state index is 11.8. The van der Waals surface area contributed by atoms with Crippen molar-refractivity contribution in [3.8, 4) is 11.4 Å². The Morgan fingerprint density at radius 2 is 1.91 bits per heavy atom. The summed E-state index contributed by atoms with van der Waals surface area (Å²) >= 11 is 0. The van der Waals surface area contributed by atoms with Gasteiger partial charge in [0.25, 0.3) is 0 Å². The van der Waals surface area contributed by atoms with Gasteiger partial charge in [-0.05, 0) is 54.5 Å². The third kappa shape index (κ3) is 3.67. The topological polar surface area (TPSA) is 90.2 Å². The molecule has 1 aliphatic rings. The van der Waals surface area contributed by atoms with Gasteiger partial charge in [0, 0.05) is 13.1 Å². The first-order chi connectivity index (χ1) is 11.1. The van der Waals surface area contributed by atoms with Crippen molar-refractivity contribution in [3.63, 3.8) is 0 Å². The summed E-state index contributed by atoms with van der Waals surface area (Å²) < 4.78 is 32.7. The number of rotatable bonds is 5. The fraction of sp³-hybridized carbons (Fsp3) is 0.500. The van der Waals surface area contributed by atoms with E-state index in [1.54, 1.807) is 15.9 Å². The number of piperidine rings is 1. The molecule has 8 nitrogen and oxygen atoms in total. The van der Waals surface area contributed by atoms with Gasteiger partial charge in [0.15, 0.2) is 0 Å². The summed E-state index contributed by atoms with van der Waals surface area (Å²) in [6.45, 7) is 2.71. The minimum absolute atomic E-state index is 0.0391. The molecular formula is C14H19N5O3S. The van der Waals surface area contributed by atoms with Crippen LogP contribution in [0.3, 0.4) is 0 Å². The zero-order valence-corrected chi connectivity index (χ0v) is 13.7. The number of tetrazole rings is 1. The van der Waals surface area contributed by atoms with E-state index >= 15 is 0 Å². The summed E-state index contributed by atoms with van der Waals surface area (Å²) in [6.07, 6.45) is 2.97. The van der Waals surface area contributed by atoms with Crippen molar-refractivity contribution >= 4 is 10.0 Å². The summed E-state index contributed by atoms with van der Waals surface area (Å²) in [4.78, 5) is 0. The third-order valence-corrected chi connectivity index (χ3v) is 5.79. The van der Waals surface area contributed by atoms with Crippen LogP contribution in [0.4, 0.5) is 0 Å². The van der Waals surface area contributed by atoms with Gasteiger partial charge in [0.2, 0.25) is 10.0 Å². The number of aromatic nitrogens is 4. The molecule has 0 radical (unpaired) electrons. The first-order valence-corrected chi connectivity index (χ1v) is 9.17. The SMILES string of the molecule is CCS(=O)(=O)N1CCC(Oc2ccc(-n3cnnn3)cc2)CC1. The fourth-order valence-corrected chi connectivity index (χ4v) is 3.69. The van der Waals surface area contributed by atoms with Crippen LogP contribution in [0, 0.1) is 0 Å². The molecule has 2 heterocycles. The van der Waals surface area contributed by atoms with E-state index in [1.807, 2.05) is 24.3 Å². The second-order valence-corrected chi connectivity index (χ2v) is 7.62. The van der Waals surface area contributed by atoms with Crippen molar-refractivity contribution in [2.45, 2.75) is 25.9 Å². The van der Waals surface area contributed by atoms with Gasteiger partial charge in [0.05, 0.1) is 11.4 Å². The van der Waals surface area contributed by atoms with Crippen LogP contribution >= 0.6 is 0 Å². The molecule has 0 atom stereocenters. The van der Waals surface area contributed by atoms with Gasteiger partial charge in [-0.25, -0.2) is 17.4 Å². The van der Waals surface area contributed by atoms with E-state index in [4.69, 9.17) is 4.74 Å². The molecule has 0 spiro atoms. The molecule has 0 amide bonds. The Hall–Kier alpha value is -2.00. The molecule has 1 saturated heterocycles. The highest BCUT2D eigenvalue weighted by molar-refractivity contribution is 7.89. The maximum Gasteiger partial charge on any atom is 0.213 e. The lowest BCUT2D eigenvalue weighted by Gasteiger charge is -2.31. The number of benzene rings is 1. The lowest BCUT2D eigenvalue weighted by molar-refractivity contribution is 0.135. The van der Waals surface area contributed by atoms with Crippen LogP contribution in [0.5, 0.6) is 5.75 Å². The van der Waals surface area contributed by atoms with E-state index in [-0.39, 0.29) is 11.9 Å². The van der Waals surface area contributed by atoms with Gasteiger partial charge in [-0.2, -0.15) is 0 Å². The average molecular weight is 337 g/mol. The van der Waals surface area contributed by atoms with Crippen molar-refractivity contribution in [1.82, 2.24) is 24.5 Å². The molecule has 1 aromatic carbocycles. The molecule has 0 aliphatic carbocycles. The summed E-state index contributed by atoms with van der Waals surface area (Å²) in [5.74, 6) is 0.913. The molecule has 3 rings (SSSR count). The molecule has 1 aliphatic heterocycles. The largest absolute Gasteiger partial charge is 0.490 e. The first-order valence-electron chi connectivity index (χ1n) is 7.56. The number of ether oxygens (including phenoxy) is 1. The Kier molecular flexibility index (Phi) is 4.58. The highest BCUT2D eigenvalue weighted by atomic mass is 32.2. The molecule has 0 unspecified atom stereocenters. The number of nitrogens with zero attached hydrogens (tertiary/aromatic N) is 5. The quantitative estimate of drug-likeness (QED) is 0.803. The van der Waals surface area contributed by atoms with Gasteiger partial charge < -0.3 is 4.74 Å². The molecule has 0 N–H and O–H groups in total. The molecular weight excluding hydrogens is 318 g/mol. The molecule has 2 aromatic rings. The molecule has 0 bridgehead atoms. The van der Waals surface area contributed by atoms with Gasteiger partial charge in [-0.15, -0.1) is 5.10 Å². The zero-order valence-electron chi connectivity index (χ0n) is 12.9. The Labute approximate surface area is 135 Å². The molecule has 1 fully saturated rings. The lowest BCUT2D eigenvalue weighted by Crippen LogP contribution is -2.42. The van der Waals surface area contributed by atoms with Crippen LogP contribution < -0.4 is 4.74 Å². The number of hydrogen-bond acceptors (Lipinski definition) is 6. The number of sulfonamides is 1. The van der Waals surface area contributed by atoms with Crippen LogP contribution in [-0.4, -0.2) is 57.9 Å². The summed E-state index contributed by atoms with van der Waals surface area (Å²) in [7, 11) is -3.09. The molecule has 23 heavy (non-hydrogen) atoms. The fourth-order valence-electron chi connectivity index (χ4n) is 2.56. The smallest absolute Gasteiger partial charge is 0.213 e. The molecule has 0 saturated carbocycles. The van der Waals surface area contributed by atoms with Crippen molar-refractivity contribution in [1.29, 1.82) is 0 Å². The van der Waals surface area contributed by atoms with E-state index < -0.39 is 10.0 Å². The second kappa shape index (κ2) is 6.63. The second-order valence-electron chi connectivity index (χ2n) is 5.37. The van der Waals surface area contributed by atoms with E-state index in [1.165, 1.54) is 6.33 Å². The molecule has 124 valence electrons. The van der Waals surface area contributed by atoms with Gasteiger partial charge in [-0.3, -0.25) is 0 Å². The van der Waals surface area contributed by atoms with Crippen LogP contribution in [0.25, 0.3) is 5.69 Å². The zero-order chi connectivity index (χ0) is 16.3. The molecule has 9 heteroatoms. The highest BCUT2D eigenvalue weighted by Crippen LogP contribution is 2.21. The van der Waals surface area contributed by atoms with E-state index in [0.29, 0.717) is 25.9 Å². The molecule has 1 aromatic heterocycles. The Morgan fingerprint density at radius 3 is 2.48 bits per heavy atom. The van der Waals surface area contributed by atoms with E-state index in [0.717, 1.165) is 11.4 Å². The van der Waals surface area contributed by atoms with Gasteiger partial charge >= 0.3 is 0 Å². The van der Waals surface area contributed by atoms with Crippen molar-refractivity contribution in [2.24, 2.45) is 0 Å². The predicted molar refractivity (Wildman–Crippen MR) is 83.8 cm³/mol. The Balaban J connectivity index is 1.57. The van der Waals surface area contributed by atoms with Crippen molar-refractivity contribution in [3.05, 3.63) is 30.6 Å². The van der Waals surface area contributed by atoms with Gasteiger partial charge in [0.1, 0.15) is 18.2 Å². The highest BCUT2D eigenvalue weighted by Gasteiger charge is 2.27. The van der Waals surface area contributed by atoms with Crippen molar-refractivity contribution in [2.75, 3.05) is 18.8 Å². The maximum absolute atomic E-state index is 11.8. The van der Waals surface area contributed by atoms with Crippen molar-refractivity contribution < 1.29 is 13.2 Å². The minimum Gasteiger partial charge on any atom is -0.490 e. The summed E-state index contributed by atoms with van der Waals surface area (Å²) in [5.41, 5.74) is 0.853. The summed E-state index contributed by atoms with van der Waals surface area (Å²) in [6, 6.07) is 7.49. The van der Waals surface area contributed by atoms with Crippen LogP contribution in [0.15, 0.2) is 30.6 Å². The van der Waals surface area contributed by atoms with E-state index in [2.05, 4.69) is 15.5 Å². The third-order valence-electron chi connectivity index (χ3n) is 3.91. The van der Waals surface area contributed by atoms with Crippen LogP contribution in [0.1, 0.15) is 19.8 Å². The Morgan fingerprint density at radius 1 is 1.22 bits per heavy atom. The standard InChI is InChI=1S/C14H19N5O3S/c1-2-23(20,21)18-9-7-14(8-10-18)22-13-5-3-12(4-6-13)19-11-15-16-17-19/h3-6,11,14H,2,7-10H2,1H3. The normalized spacial score (nSPS) is 17.3. The minimum atomic E-state index is -3.09.